The Morgan fingerprint density at radius 2 is 1.71 bits per heavy atom. The van der Waals surface area contributed by atoms with Gasteiger partial charge < -0.3 is 5.32 Å². The molecule has 41 heavy (non-hydrogen) atoms. The minimum Gasteiger partial charge on any atom is -0.325 e. The molecule has 0 saturated heterocycles. The molecule has 0 unspecified atom stereocenters. The fourth-order valence-electron chi connectivity index (χ4n) is 3.96. The third-order valence-electron chi connectivity index (χ3n) is 5.97. The Balaban J connectivity index is 1.56. The number of nitrogens with one attached hydrogen (secondary N) is 1. The van der Waals surface area contributed by atoms with Gasteiger partial charge in [0.1, 0.15) is 5.70 Å². The van der Waals surface area contributed by atoms with Gasteiger partial charge in [0.05, 0.1) is 26.4 Å². The van der Waals surface area contributed by atoms with Crippen LogP contribution in [0.5, 0.6) is 0 Å². The van der Waals surface area contributed by atoms with Gasteiger partial charge in [-0.15, -0.1) is 0 Å². The van der Waals surface area contributed by atoms with Crippen LogP contribution in [-0.4, -0.2) is 48.5 Å². The van der Waals surface area contributed by atoms with E-state index < -0.39 is 21.8 Å². The van der Waals surface area contributed by atoms with Gasteiger partial charge in [-0.1, -0.05) is 84.7 Å². The minimum atomic E-state index is -3.69. The summed E-state index contributed by atoms with van der Waals surface area (Å²) in [5, 5.41) is 3.93. The molecule has 214 valence electrons. The van der Waals surface area contributed by atoms with E-state index in [-0.39, 0.29) is 31.6 Å². The summed E-state index contributed by atoms with van der Waals surface area (Å²) in [6.45, 7) is 4.18. The fraction of sp³-hybridized carbons (Fsp3) is 0.179. The van der Waals surface area contributed by atoms with E-state index in [0.29, 0.717) is 35.1 Å². The van der Waals surface area contributed by atoms with Crippen LogP contribution in [0.25, 0.3) is 6.08 Å². The van der Waals surface area contributed by atoms with Crippen LogP contribution in [0.3, 0.4) is 0 Å². The van der Waals surface area contributed by atoms with Gasteiger partial charge in [0.15, 0.2) is 5.17 Å². The Morgan fingerprint density at radius 3 is 2.39 bits per heavy atom. The zero-order chi connectivity index (χ0) is 29.7. The van der Waals surface area contributed by atoms with Crippen molar-refractivity contribution in [2.24, 2.45) is 4.99 Å². The van der Waals surface area contributed by atoms with E-state index in [1.807, 2.05) is 0 Å². The number of amidine groups is 1. The summed E-state index contributed by atoms with van der Waals surface area (Å²) in [7, 11) is -3.69. The normalized spacial score (nSPS) is 14.6. The molecule has 2 amide bonds. The summed E-state index contributed by atoms with van der Waals surface area (Å²) >= 11 is 19.7. The first-order valence-electron chi connectivity index (χ1n) is 12.4. The molecule has 0 aromatic heterocycles. The predicted molar refractivity (Wildman–Crippen MR) is 168 cm³/mol. The highest BCUT2D eigenvalue weighted by molar-refractivity contribution is 8.14. The van der Waals surface area contributed by atoms with Crippen LogP contribution in [0.4, 0.5) is 11.4 Å². The Kier molecular flexibility index (Phi) is 10.2. The third-order valence-corrected chi connectivity index (χ3v) is 10.0. The molecule has 1 aliphatic heterocycles. The second-order valence-electron chi connectivity index (χ2n) is 8.64. The molecule has 1 N–H and O–H groups in total. The fourth-order valence-corrected chi connectivity index (χ4v) is 6.78. The number of carbonyl (C=O) groups is 2. The molecule has 0 aliphatic carbocycles. The zero-order valence-corrected chi connectivity index (χ0v) is 25.9. The molecule has 0 atom stereocenters. The van der Waals surface area contributed by atoms with E-state index in [9.17, 15) is 18.0 Å². The minimum absolute atomic E-state index is 0.0798. The monoisotopic (exact) mass is 650 g/mol. The molecule has 0 saturated carbocycles. The topological polar surface area (TPSA) is 99.1 Å². The molecule has 13 heteroatoms. The average molecular weight is 652 g/mol. The standard InChI is InChI=1S/C28H25Cl3N4O4S2/c1-3-34(4-2)41(38,39)21-8-5-7-20(16-21)32-25(36)17-40-28-33-23(15-18-11-13-19(29)14-12-18)27(37)35(28)24-10-6-9-22(30)26(24)31/h5-16H,3-4,17H2,1-2H3,(H,32,36). The van der Waals surface area contributed by atoms with Crippen molar-refractivity contribution >= 4 is 91.0 Å². The van der Waals surface area contributed by atoms with Gasteiger partial charge in [-0.2, -0.15) is 4.31 Å². The molecule has 3 aromatic rings. The molecule has 3 aromatic carbocycles. The number of carbonyl (C=O) groups excluding carboxylic acids is 2. The maximum Gasteiger partial charge on any atom is 0.283 e. The zero-order valence-electron chi connectivity index (χ0n) is 22.0. The lowest BCUT2D eigenvalue weighted by Gasteiger charge is -2.20. The number of nitrogens with zero attached hydrogens (tertiary/aromatic N) is 3. The van der Waals surface area contributed by atoms with Crippen LogP contribution in [0.15, 0.2) is 82.3 Å². The van der Waals surface area contributed by atoms with Crippen molar-refractivity contribution in [3.8, 4) is 0 Å². The van der Waals surface area contributed by atoms with E-state index in [1.165, 1.54) is 21.3 Å². The van der Waals surface area contributed by atoms with E-state index in [4.69, 9.17) is 34.8 Å². The SMILES string of the molecule is CCN(CC)S(=O)(=O)c1cccc(NC(=O)CSC2=NC(=Cc3ccc(Cl)cc3)C(=O)N2c2cccc(Cl)c2Cl)c1. The molecule has 0 bridgehead atoms. The Bertz CT molecular complexity index is 1640. The van der Waals surface area contributed by atoms with Crippen LogP contribution < -0.4 is 10.2 Å². The van der Waals surface area contributed by atoms with Gasteiger partial charge in [-0.05, 0) is 54.1 Å². The molecule has 4 rings (SSSR count). The first-order valence-corrected chi connectivity index (χ1v) is 16.0. The van der Waals surface area contributed by atoms with Crippen LogP contribution in [0, 0.1) is 0 Å². The number of thioether (sulfide) groups is 1. The van der Waals surface area contributed by atoms with Crippen LogP contribution in [0.2, 0.25) is 15.1 Å². The highest BCUT2D eigenvalue weighted by atomic mass is 35.5. The molecule has 0 spiro atoms. The largest absolute Gasteiger partial charge is 0.325 e. The number of rotatable bonds is 9. The first-order chi connectivity index (χ1) is 19.5. The van der Waals surface area contributed by atoms with Crippen molar-refractivity contribution in [2.75, 3.05) is 29.1 Å². The quantitative estimate of drug-likeness (QED) is 0.257. The van der Waals surface area contributed by atoms with Crippen molar-refractivity contribution in [3.63, 3.8) is 0 Å². The van der Waals surface area contributed by atoms with Crippen LogP contribution >= 0.6 is 46.6 Å². The smallest absolute Gasteiger partial charge is 0.283 e. The van der Waals surface area contributed by atoms with Gasteiger partial charge in [-0.3, -0.25) is 14.5 Å². The number of sulfonamides is 1. The van der Waals surface area contributed by atoms with E-state index >= 15 is 0 Å². The predicted octanol–water partition coefficient (Wildman–Crippen LogP) is 6.79. The number of amides is 2. The Morgan fingerprint density at radius 1 is 1.02 bits per heavy atom. The highest BCUT2D eigenvalue weighted by Gasteiger charge is 2.34. The number of hydrogen-bond acceptors (Lipinski definition) is 6. The molecular weight excluding hydrogens is 627 g/mol. The molecule has 1 aliphatic rings. The molecule has 8 nitrogen and oxygen atoms in total. The number of aliphatic imine (C=N–C) groups is 1. The van der Waals surface area contributed by atoms with Gasteiger partial charge in [0.25, 0.3) is 5.91 Å². The van der Waals surface area contributed by atoms with Gasteiger partial charge in [-0.25, -0.2) is 13.4 Å². The van der Waals surface area contributed by atoms with Crippen LogP contribution in [-0.2, 0) is 19.6 Å². The molecule has 0 radical (unpaired) electrons. The lowest BCUT2D eigenvalue weighted by Crippen LogP contribution is -2.31. The average Bonchev–Trinajstić information content (AvgIpc) is 3.25. The summed E-state index contributed by atoms with van der Waals surface area (Å²) in [5.74, 6) is -0.988. The second kappa shape index (κ2) is 13.4. The van der Waals surface area contributed by atoms with Gasteiger partial charge in [0.2, 0.25) is 15.9 Å². The van der Waals surface area contributed by atoms with Crippen molar-refractivity contribution < 1.29 is 18.0 Å². The van der Waals surface area contributed by atoms with Crippen molar-refractivity contribution in [1.29, 1.82) is 0 Å². The summed E-state index contributed by atoms with van der Waals surface area (Å²) in [4.78, 5) is 32.3. The maximum absolute atomic E-state index is 13.5. The summed E-state index contributed by atoms with van der Waals surface area (Å²) in [5.41, 5.74) is 1.50. The molecular formula is C28H25Cl3N4O4S2. The van der Waals surface area contributed by atoms with Crippen molar-refractivity contribution in [2.45, 2.75) is 18.7 Å². The Hall–Kier alpha value is -2.86. The summed E-state index contributed by atoms with van der Waals surface area (Å²) in [6, 6.07) is 17.9. The number of hydrogen-bond donors (Lipinski definition) is 1. The van der Waals surface area contributed by atoms with Crippen LogP contribution in [0.1, 0.15) is 19.4 Å². The maximum atomic E-state index is 13.5. The first kappa shape index (κ1) is 31.1. The molecule has 0 fully saturated rings. The number of anilines is 2. The molecule has 1 heterocycles. The summed E-state index contributed by atoms with van der Waals surface area (Å²) < 4.78 is 27.1. The van der Waals surface area contributed by atoms with Gasteiger partial charge in [0, 0.05) is 23.8 Å². The third kappa shape index (κ3) is 7.14. The number of benzene rings is 3. The number of halogens is 3. The van der Waals surface area contributed by atoms with Crippen molar-refractivity contribution in [3.05, 3.63) is 93.1 Å². The van der Waals surface area contributed by atoms with E-state index in [0.717, 1.165) is 11.8 Å². The highest BCUT2D eigenvalue weighted by Crippen LogP contribution is 2.37. The lowest BCUT2D eigenvalue weighted by molar-refractivity contribution is -0.114. The van der Waals surface area contributed by atoms with Gasteiger partial charge >= 0.3 is 0 Å². The second-order valence-corrected chi connectivity index (χ2v) is 12.7. The van der Waals surface area contributed by atoms with E-state index in [2.05, 4.69) is 10.3 Å². The Labute approximate surface area is 258 Å². The van der Waals surface area contributed by atoms with Crippen molar-refractivity contribution in [1.82, 2.24) is 4.31 Å². The summed E-state index contributed by atoms with van der Waals surface area (Å²) in [6.07, 6.45) is 1.61. The van der Waals surface area contributed by atoms with E-state index in [1.54, 1.807) is 74.5 Å². The lowest BCUT2D eigenvalue weighted by atomic mass is 10.2.